The first-order chi connectivity index (χ1) is 15.8. The Morgan fingerprint density at radius 2 is 1.79 bits per heavy atom. The maximum atomic E-state index is 13.0. The van der Waals surface area contributed by atoms with Gasteiger partial charge in [-0.3, -0.25) is 14.4 Å². The average Bonchev–Trinajstić information content (AvgIpc) is 3.08. The Kier molecular flexibility index (Phi) is 6.31. The minimum absolute atomic E-state index is 0.131. The topological polar surface area (TPSA) is 84.0 Å². The van der Waals surface area contributed by atoms with Crippen LogP contribution in [-0.2, 0) is 9.53 Å². The predicted octanol–water partition coefficient (Wildman–Crippen LogP) is 4.13. The van der Waals surface area contributed by atoms with Crippen molar-refractivity contribution in [3.8, 4) is 0 Å². The molecule has 0 N–H and O–H groups in total. The van der Waals surface area contributed by atoms with Crippen molar-refractivity contribution in [3.63, 3.8) is 0 Å². The number of esters is 1. The molecule has 7 heteroatoms. The number of nitrogens with zero attached hydrogens (tertiary/aromatic N) is 2. The van der Waals surface area contributed by atoms with Crippen molar-refractivity contribution < 1.29 is 23.9 Å². The molecule has 2 aliphatic rings. The van der Waals surface area contributed by atoms with Gasteiger partial charge in [-0.15, -0.1) is 0 Å². The highest BCUT2D eigenvalue weighted by molar-refractivity contribution is 6.34. The molecule has 1 fully saturated rings. The Hall–Kier alpha value is -3.48. The largest absolute Gasteiger partial charge is 0.449 e. The number of piperidine rings is 1. The number of carbonyl (C=O) groups excluding carboxylic acids is 4. The lowest BCUT2D eigenvalue weighted by molar-refractivity contribution is -0.143. The van der Waals surface area contributed by atoms with E-state index in [1.54, 1.807) is 19.1 Å². The van der Waals surface area contributed by atoms with E-state index in [0.717, 1.165) is 36.1 Å². The van der Waals surface area contributed by atoms with Crippen LogP contribution < -0.4 is 4.90 Å². The number of carbonyl (C=O) groups is 4. The van der Waals surface area contributed by atoms with E-state index in [4.69, 9.17) is 4.74 Å². The third-order valence-electron chi connectivity index (χ3n) is 6.49. The maximum absolute atomic E-state index is 13.0. The van der Waals surface area contributed by atoms with Crippen LogP contribution in [0.5, 0.6) is 0 Å². The summed E-state index contributed by atoms with van der Waals surface area (Å²) in [7, 11) is 0. The standard InChI is InChI=1S/C26H28N2O5/c1-4-19-10-7-8-14-27(19)23(29)17(3)33-26(32)18-12-13-20-21(15-18)25(31)28(24(20)30)22-11-6-5-9-16(22)2/h5-6,9,11-13,15,17,19H,4,7-8,10,14H2,1-3H3. The number of hydrogen-bond donors (Lipinski definition) is 0. The third-order valence-corrected chi connectivity index (χ3v) is 6.49. The summed E-state index contributed by atoms with van der Waals surface area (Å²) < 4.78 is 5.46. The molecule has 2 aliphatic heterocycles. The molecule has 33 heavy (non-hydrogen) atoms. The molecule has 2 aromatic rings. The number of aryl methyl sites for hydroxylation is 1. The SMILES string of the molecule is CCC1CCCCN1C(=O)C(C)OC(=O)c1ccc2c(c1)C(=O)N(c1ccccc1C)C2=O. The molecule has 7 nitrogen and oxygen atoms in total. The quantitative estimate of drug-likeness (QED) is 0.507. The Morgan fingerprint density at radius 3 is 2.52 bits per heavy atom. The Balaban J connectivity index is 1.51. The minimum Gasteiger partial charge on any atom is -0.449 e. The maximum Gasteiger partial charge on any atom is 0.338 e. The van der Waals surface area contributed by atoms with Gasteiger partial charge in [0.15, 0.2) is 6.10 Å². The van der Waals surface area contributed by atoms with Crippen LogP contribution in [0.25, 0.3) is 0 Å². The van der Waals surface area contributed by atoms with Crippen molar-refractivity contribution >= 4 is 29.4 Å². The molecular weight excluding hydrogens is 420 g/mol. The lowest BCUT2D eigenvalue weighted by Gasteiger charge is -2.36. The van der Waals surface area contributed by atoms with Crippen molar-refractivity contribution in [2.24, 2.45) is 0 Å². The number of anilines is 1. The number of ether oxygens (including phenoxy) is 1. The molecule has 0 saturated carbocycles. The lowest BCUT2D eigenvalue weighted by Crippen LogP contribution is -2.48. The number of amides is 3. The summed E-state index contributed by atoms with van der Waals surface area (Å²) in [5.41, 5.74) is 1.83. The summed E-state index contributed by atoms with van der Waals surface area (Å²) >= 11 is 0. The fraction of sp³-hybridized carbons (Fsp3) is 0.385. The minimum atomic E-state index is -0.932. The van der Waals surface area contributed by atoms with Gasteiger partial charge in [-0.1, -0.05) is 25.1 Å². The molecule has 0 aliphatic carbocycles. The van der Waals surface area contributed by atoms with Gasteiger partial charge in [0, 0.05) is 12.6 Å². The van der Waals surface area contributed by atoms with Crippen molar-refractivity contribution in [1.29, 1.82) is 0 Å². The lowest BCUT2D eigenvalue weighted by atomic mass is 9.99. The van der Waals surface area contributed by atoms with E-state index in [2.05, 4.69) is 6.92 Å². The molecule has 2 heterocycles. The number of para-hydroxylation sites is 1. The van der Waals surface area contributed by atoms with E-state index in [1.165, 1.54) is 18.2 Å². The second kappa shape index (κ2) is 9.17. The van der Waals surface area contributed by atoms with Gasteiger partial charge in [-0.2, -0.15) is 0 Å². The summed E-state index contributed by atoms with van der Waals surface area (Å²) in [6.45, 7) is 6.12. The normalized spacial score (nSPS) is 18.8. The van der Waals surface area contributed by atoms with Gasteiger partial charge < -0.3 is 9.64 Å². The highest BCUT2D eigenvalue weighted by Gasteiger charge is 2.38. The fourth-order valence-corrected chi connectivity index (χ4v) is 4.63. The van der Waals surface area contributed by atoms with E-state index in [9.17, 15) is 19.2 Å². The van der Waals surface area contributed by atoms with E-state index < -0.39 is 23.9 Å². The molecule has 1 saturated heterocycles. The zero-order chi connectivity index (χ0) is 23.7. The number of fused-ring (bicyclic) bond motifs is 1. The van der Waals surface area contributed by atoms with Gasteiger partial charge in [0.1, 0.15) is 0 Å². The number of benzene rings is 2. The molecule has 2 atom stereocenters. The summed E-state index contributed by atoms with van der Waals surface area (Å²) in [5, 5.41) is 0. The van der Waals surface area contributed by atoms with Gasteiger partial charge in [0.05, 0.1) is 22.4 Å². The smallest absolute Gasteiger partial charge is 0.338 e. The van der Waals surface area contributed by atoms with E-state index >= 15 is 0 Å². The van der Waals surface area contributed by atoms with Crippen molar-refractivity contribution in [1.82, 2.24) is 4.90 Å². The van der Waals surface area contributed by atoms with E-state index in [0.29, 0.717) is 12.2 Å². The Morgan fingerprint density at radius 1 is 1.06 bits per heavy atom. The van der Waals surface area contributed by atoms with Gasteiger partial charge in [0.2, 0.25) is 0 Å². The first-order valence-electron chi connectivity index (χ1n) is 11.4. The van der Waals surface area contributed by atoms with Gasteiger partial charge in [-0.05, 0) is 69.4 Å². The first kappa shape index (κ1) is 22.7. The van der Waals surface area contributed by atoms with E-state index in [-0.39, 0.29) is 28.6 Å². The Bertz CT molecular complexity index is 1130. The zero-order valence-electron chi connectivity index (χ0n) is 19.2. The molecule has 3 amide bonds. The van der Waals surface area contributed by atoms with Crippen LogP contribution in [0.15, 0.2) is 42.5 Å². The molecule has 0 spiro atoms. The molecular formula is C26H28N2O5. The Labute approximate surface area is 193 Å². The van der Waals surface area contributed by atoms with Crippen molar-refractivity contribution in [3.05, 3.63) is 64.7 Å². The second-order valence-corrected chi connectivity index (χ2v) is 8.63. The highest BCUT2D eigenvalue weighted by Crippen LogP contribution is 2.31. The average molecular weight is 449 g/mol. The van der Waals surface area contributed by atoms with Gasteiger partial charge in [0.25, 0.3) is 17.7 Å². The molecule has 0 bridgehead atoms. The number of rotatable bonds is 5. The first-order valence-corrected chi connectivity index (χ1v) is 11.4. The van der Waals surface area contributed by atoms with E-state index in [1.807, 2.05) is 24.0 Å². The van der Waals surface area contributed by atoms with Gasteiger partial charge in [-0.25, -0.2) is 9.69 Å². The zero-order valence-corrected chi connectivity index (χ0v) is 19.2. The fourth-order valence-electron chi connectivity index (χ4n) is 4.63. The summed E-state index contributed by atoms with van der Waals surface area (Å²) in [6.07, 6.45) is 2.93. The highest BCUT2D eigenvalue weighted by atomic mass is 16.5. The van der Waals surface area contributed by atoms with Crippen LogP contribution in [0.4, 0.5) is 5.69 Å². The summed E-state index contributed by atoms with van der Waals surface area (Å²) in [6, 6.07) is 11.6. The van der Waals surface area contributed by atoms with Crippen molar-refractivity contribution in [2.45, 2.75) is 58.6 Å². The molecule has 172 valence electrons. The van der Waals surface area contributed by atoms with Crippen LogP contribution in [0.3, 0.4) is 0 Å². The molecule has 0 radical (unpaired) electrons. The van der Waals surface area contributed by atoms with Crippen LogP contribution in [-0.4, -0.2) is 47.3 Å². The predicted molar refractivity (Wildman–Crippen MR) is 123 cm³/mol. The molecule has 4 rings (SSSR count). The van der Waals surface area contributed by atoms with Crippen LogP contribution in [0.2, 0.25) is 0 Å². The summed E-state index contributed by atoms with van der Waals surface area (Å²) in [4.78, 5) is 54.5. The monoisotopic (exact) mass is 448 g/mol. The van der Waals surface area contributed by atoms with Crippen LogP contribution in [0.1, 0.15) is 76.2 Å². The van der Waals surface area contributed by atoms with Crippen LogP contribution in [0, 0.1) is 6.92 Å². The summed E-state index contributed by atoms with van der Waals surface area (Å²) in [5.74, 6) is -1.81. The number of imide groups is 1. The number of likely N-dealkylation sites (tertiary alicyclic amines) is 1. The van der Waals surface area contributed by atoms with Gasteiger partial charge >= 0.3 is 5.97 Å². The second-order valence-electron chi connectivity index (χ2n) is 8.63. The number of hydrogen-bond acceptors (Lipinski definition) is 5. The molecule has 0 aromatic heterocycles. The molecule has 2 unspecified atom stereocenters. The molecule has 2 aromatic carbocycles. The van der Waals surface area contributed by atoms with Crippen molar-refractivity contribution in [2.75, 3.05) is 11.4 Å². The third kappa shape index (κ3) is 4.15. The van der Waals surface area contributed by atoms with Crippen LogP contribution >= 0.6 is 0 Å².